The first-order valence-corrected chi connectivity index (χ1v) is 6.57. The van der Waals surface area contributed by atoms with Crippen molar-refractivity contribution in [3.05, 3.63) is 27.7 Å². The first-order valence-electron chi connectivity index (χ1n) is 5.40. The molecule has 0 aromatic heterocycles. The first-order chi connectivity index (χ1) is 7.18. The van der Waals surface area contributed by atoms with Crippen LogP contribution in [-0.2, 0) is 0 Å². The van der Waals surface area contributed by atoms with E-state index in [4.69, 9.17) is 11.6 Å². The van der Waals surface area contributed by atoms with E-state index in [2.05, 4.69) is 39.9 Å². The van der Waals surface area contributed by atoms with E-state index >= 15 is 0 Å². The quantitative estimate of drug-likeness (QED) is 0.736. The number of halogens is 2. The largest absolute Gasteiger partial charge is 0.368 e. The molecule has 1 aromatic rings. The van der Waals surface area contributed by atoms with Crippen LogP contribution in [0.2, 0.25) is 5.02 Å². The van der Waals surface area contributed by atoms with Crippen LogP contribution in [0.5, 0.6) is 0 Å². The van der Waals surface area contributed by atoms with Crippen LogP contribution in [0.15, 0.2) is 22.7 Å². The van der Waals surface area contributed by atoms with Crippen LogP contribution < -0.4 is 4.90 Å². The van der Waals surface area contributed by atoms with Gasteiger partial charge < -0.3 is 4.90 Å². The molecule has 0 bridgehead atoms. The predicted molar refractivity (Wildman–Crippen MR) is 69.8 cm³/mol. The Hall–Kier alpha value is -0.210. The molecule has 1 saturated heterocycles. The van der Waals surface area contributed by atoms with Gasteiger partial charge >= 0.3 is 0 Å². The molecular weight excluding hydrogens is 273 g/mol. The van der Waals surface area contributed by atoms with Gasteiger partial charge in [-0.3, -0.25) is 0 Å². The predicted octanol–water partition coefficient (Wildman–Crippen LogP) is 4.48. The summed E-state index contributed by atoms with van der Waals surface area (Å²) < 4.78 is 1.04. The van der Waals surface area contributed by atoms with Crippen LogP contribution in [-0.4, -0.2) is 12.6 Å². The Balaban J connectivity index is 2.27. The summed E-state index contributed by atoms with van der Waals surface area (Å²) in [6, 6.07) is 6.74. The highest BCUT2D eigenvalue weighted by molar-refractivity contribution is 9.10. The highest BCUT2D eigenvalue weighted by atomic mass is 79.9. The third-order valence-corrected chi connectivity index (χ3v) is 3.82. The lowest BCUT2D eigenvalue weighted by Crippen LogP contribution is -2.37. The third-order valence-electron chi connectivity index (χ3n) is 3.02. The Bertz CT molecular complexity index is 353. The molecule has 2 rings (SSSR count). The Kier molecular flexibility index (Phi) is 3.57. The van der Waals surface area contributed by atoms with Crippen molar-refractivity contribution in [1.29, 1.82) is 0 Å². The fourth-order valence-electron chi connectivity index (χ4n) is 2.17. The maximum atomic E-state index is 6.26. The molecule has 3 heteroatoms. The van der Waals surface area contributed by atoms with Crippen molar-refractivity contribution in [3.8, 4) is 0 Å². The lowest BCUT2D eigenvalue weighted by molar-refractivity contribution is 0.485. The summed E-state index contributed by atoms with van der Waals surface area (Å²) in [6.07, 6.45) is 3.88. The molecular formula is C12H15BrClN. The van der Waals surface area contributed by atoms with Gasteiger partial charge in [-0.15, -0.1) is 0 Å². The molecule has 1 aliphatic rings. The van der Waals surface area contributed by atoms with Crippen LogP contribution >= 0.6 is 27.5 Å². The van der Waals surface area contributed by atoms with Crippen molar-refractivity contribution in [2.24, 2.45) is 0 Å². The van der Waals surface area contributed by atoms with E-state index in [-0.39, 0.29) is 0 Å². The summed E-state index contributed by atoms with van der Waals surface area (Å²) in [6.45, 7) is 3.40. The van der Waals surface area contributed by atoms with Gasteiger partial charge in [-0.05, 0) is 44.4 Å². The first kappa shape index (κ1) is 11.3. The molecule has 0 spiro atoms. The van der Waals surface area contributed by atoms with Gasteiger partial charge in [0.25, 0.3) is 0 Å². The van der Waals surface area contributed by atoms with Gasteiger partial charge in [0.2, 0.25) is 0 Å². The summed E-state index contributed by atoms with van der Waals surface area (Å²) >= 11 is 9.69. The topological polar surface area (TPSA) is 3.24 Å². The van der Waals surface area contributed by atoms with E-state index in [0.717, 1.165) is 16.0 Å². The maximum absolute atomic E-state index is 6.26. The minimum absolute atomic E-state index is 0.609. The van der Waals surface area contributed by atoms with E-state index in [0.29, 0.717) is 6.04 Å². The monoisotopic (exact) mass is 287 g/mol. The number of nitrogens with zero attached hydrogens (tertiary/aromatic N) is 1. The molecule has 1 atom stereocenters. The fourth-order valence-corrected chi connectivity index (χ4v) is 2.95. The summed E-state index contributed by atoms with van der Waals surface area (Å²) in [4.78, 5) is 2.41. The maximum Gasteiger partial charge on any atom is 0.0650 e. The second-order valence-corrected chi connectivity index (χ2v) is 5.46. The van der Waals surface area contributed by atoms with Crippen molar-refractivity contribution in [3.63, 3.8) is 0 Å². The van der Waals surface area contributed by atoms with Gasteiger partial charge in [0.1, 0.15) is 0 Å². The summed E-state index contributed by atoms with van der Waals surface area (Å²) in [7, 11) is 0. The molecule has 0 unspecified atom stereocenters. The average Bonchev–Trinajstić information content (AvgIpc) is 2.20. The number of benzene rings is 1. The molecule has 0 saturated carbocycles. The Morgan fingerprint density at radius 3 is 2.87 bits per heavy atom. The molecule has 0 aliphatic carbocycles. The smallest absolute Gasteiger partial charge is 0.0650 e. The minimum atomic E-state index is 0.609. The van der Waals surface area contributed by atoms with Crippen molar-refractivity contribution < 1.29 is 0 Å². The van der Waals surface area contributed by atoms with Gasteiger partial charge in [-0.25, -0.2) is 0 Å². The number of hydrogen-bond acceptors (Lipinski definition) is 1. The molecule has 1 fully saturated rings. The molecule has 15 heavy (non-hydrogen) atoms. The number of piperidine rings is 1. The molecule has 1 heterocycles. The third kappa shape index (κ3) is 2.48. The van der Waals surface area contributed by atoms with Gasteiger partial charge in [-0.1, -0.05) is 27.5 Å². The van der Waals surface area contributed by atoms with Crippen LogP contribution in [0, 0.1) is 0 Å². The van der Waals surface area contributed by atoms with Crippen LogP contribution in [0.4, 0.5) is 5.69 Å². The van der Waals surface area contributed by atoms with Gasteiger partial charge in [0, 0.05) is 17.1 Å². The second-order valence-electron chi connectivity index (χ2n) is 4.13. The highest BCUT2D eigenvalue weighted by Crippen LogP contribution is 2.32. The summed E-state index contributed by atoms with van der Waals surface area (Å²) in [5.41, 5.74) is 1.17. The normalized spacial score (nSPS) is 21.8. The van der Waals surface area contributed by atoms with Gasteiger partial charge in [0.05, 0.1) is 10.7 Å². The lowest BCUT2D eigenvalue weighted by Gasteiger charge is -2.36. The van der Waals surface area contributed by atoms with Crippen molar-refractivity contribution in [1.82, 2.24) is 0 Å². The average molecular weight is 289 g/mol. The van der Waals surface area contributed by atoms with Gasteiger partial charge in [0.15, 0.2) is 0 Å². The highest BCUT2D eigenvalue weighted by Gasteiger charge is 2.20. The minimum Gasteiger partial charge on any atom is -0.368 e. The Morgan fingerprint density at radius 1 is 1.40 bits per heavy atom. The van der Waals surface area contributed by atoms with E-state index in [1.165, 1.54) is 24.9 Å². The van der Waals surface area contributed by atoms with E-state index in [9.17, 15) is 0 Å². The number of hydrogen-bond donors (Lipinski definition) is 0. The standard InChI is InChI=1S/C12H15BrClN/c1-9-4-2-3-7-15(9)12-6-5-10(13)8-11(12)14/h5-6,8-9H,2-4,7H2,1H3/t9-/m0/s1. The molecule has 1 aromatic carbocycles. The zero-order chi connectivity index (χ0) is 10.8. The van der Waals surface area contributed by atoms with E-state index in [1.54, 1.807) is 0 Å². The fraction of sp³-hybridized carbons (Fsp3) is 0.500. The molecule has 0 N–H and O–H groups in total. The van der Waals surface area contributed by atoms with Crippen LogP contribution in [0.25, 0.3) is 0 Å². The Labute approximate surface area is 105 Å². The van der Waals surface area contributed by atoms with Crippen LogP contribution in [0.1, 0.15) is 26.2 Å². The zero-order valence-corrected chi connectivity index (χ0v) is 11.2. The van der Waals surface area contributed by atoms with Crippen molar-refractivity contribution in [2.45, 2.75) is 32.2 Å². The van der Waals surface area contributed by atoms with E-state index < -0.39 is 0 Å². The summed E-state index contributed by atoms with van der Waals surface area (Å²) in [5, 5.41) is 0.845. The molecule has 0 radical (unpaired) electrons. The second kappa shape index (κ2) is 4.75. The van der Waals surface area contributed by atoms with Crippen LogP contribution in [0.3, 0.4) is 0 Å². The number of anilines is 1. The lowest BCUT2D eigenvalue weighted by atomic mass is 10.0. The molecule has 0 amide bonds. The summed E-state index contributed by atoms with van der Waals surface area (Å²) in [5.74, 6) is 0. The van der Waals surface area contributed by atoms with Crippen molar-refractivity contribution >= 4 is 33.2 Å². The molecule has 1 aliphatic heterocycles. The molecule has 82 valence electrons. The molecule has 1 nitrogen and oxygen atoms in total. The zero-order valence-electron chi connectivity index (χ0n) is 8.84. The SMILES string of the molecule is C[C@H]1CCCCN1c1ccc(Br)cc1Cl. The Morgan fingerprint density at radius 2 is 2.20 bits per heavy atom. The van der Waals surface area contributed by atoms with E-state index in [1.807, 2.05) is 6.07 Å². The van der Waals surface area contributed by atoms with Crippen molar-refractivity contribution in [2.75, 3.05) is 11.4 Å². The van der Waals surface area contributed by atoms with Gasteiger partial charge in [-0.2, -0.15) is 0 Å². The number of rotatable bonds is 1.